The van der Waals surface area contributed by atoms with Crippen LogP contribution in [0.4, 0.5) is 5.82 Å². The largest absolute Gasteiger partial charge is 0.381 e. The average Bonchev–Trinajstić information content (AvgIpc) is 2.57. The molecule has 0 unspecified atom stereocenters. The zero-order valence-corrected chi connectivity index (χ0v) is 8.51. The second-order valence-electron chi connectivity index (χ2n) is 2.74. The van der Waals surface area contributed by atoms with Gasteiger partial charge in [0.2, 0.25) is 0 Å². The molecular weight excluding hydrogens is 223 g/mol. The SMILES string of the molecule is Nc1cc(-c2ccc(Cl)c(Cl)c2)on1. The summed E-state index contributed by atoms with van der Waals surface area (Å²) in [5, 5.41) is 4.55. The van der Waals surface area contributed by atoms with Gasteiger partial charge in [-0.25, -0.2) is 0 Å². The van der Waals surface area contributed by atoms with Crippen LogP contribution in [0, 0.1) is 0 Å². The Labute approximate surface area is 90.4 Å². The first-order valence-corrected chi connectivity index (χ1v) is 4.60. The van der Waals surface area contributed by atoms with E-state index in [0.29, 0.717) is 21.6 Å². The number of nitrogen functional groups attached to an aromatic ring is 1. The van der Waals surface area contributed by atoms with Gasteiger partial charge in [0.1, 0.15) is 0 Å². The van der Waals surface area contributed by atoms with E-state index in [9.17, 15) is 0 Å². The van der Waals surface area contributed by atoms with E-state index in [4.69, 9.17) is 33.5 Å². The zero-order chi connectivity index (χ0) is 10.1. The maximum absolute atomic E-state index is 5.85. The van der Waals surface area contributed by atoms with Crippen molar-refractivity contribution in [3.8, 4) is 11.3 Å². The van der Waals surface area contributed by atoms with Crippen LogP contribution in [0.5, 0.6) is 0 Å². The molecule has 0 fully saturated rings. The van der Waals surface area contributed by atoms with Crippen molar-refractivity contribution in [2.24, 2.45) is 0 Å². The second kappa shape index (κ2) is 3.52. The van der Waals surface area contributed by atoms with Crippen molar-refractivity contribution in [2.45, 2.75) is 0 Å². The van der Waals surface area contributed by atoms with E-state index < -0.39 is 0 Å². The summed E-state index contributed by atoms with van der Waals surface area (Å²) < 4.78 is 4.97. The Morgan fingerprint density at radius 3 is 2.50 bits per heavy atom. The van der Waals surface area contributed by atoms with Crippen molar-refractivity contribution < 1.29 is 4.52 Å². The van der Waals surface area contributed by atoms with E-state index in [1.54, 1.807) is 24.3 Å². The Hall–Kier alpha value is -1.19. The van der Waals surface area contributed by atoms with Gasteiger partial charge in [0, 0.05) is 11.6 Å². The van der Waals surface area contributed by atoms with Gasteiger partial charge in [0.25, 0.3) is 0 Å². The number of nitrogens with two attached hydrogens (primary N) is 1. The van der Waals surface area contributed by atoms with Crippen molar-refractivity contribution in [1.29, 1.82) is 0 Å². The molecule has 0 bridgehead atoms. The van der Waals surface area contributed by atoms with Crippen LogP contribution >= 0.6 is 23.2 Å². The van der Waals surface area contributed by atoms with E-state index in [2.05, 4.69) is 5.16 Å². The van der Waals surface area contributed by atoms with E-state index in [-0.39, 0.29) is 0 Å². The summed E-state index contributed by atoms with van der Waals surface area (Å²) in [6, 6.07) is 6.80. The van der Waals surface area contributed by atoms with Crippen LogP contribution in [0.3, 0.4) is 0 Å². The van der Waals surface area contributed by atoms with E-state index in [1.165, 1.54) is 0 Å². The third-order valence-electron chi connectivity index (χ3n) is 1.73. The molecule has 1 heterocycles. The van der Waals surface area contributed by atoms with E-state index in [0.717, 1.165) is 5.56 Å². The lowest BCUT2D eigenvalue weighted by Crippen LogP contribution is -1.80. The standard InChI is InChI=1S/C9H6Cl2N2O/c10-6-2-1-5(3-7(6)11)8-4-9(12)13-14-8/h1-4H,(H2,12,13). The first-order valence-electron chi connectivity index (χ1n) is 3.84. The number of nitrogens with zero attached hydrogens (tertiary/aromatic N) is 1. The molecule has 0 aliphatic carbocycles. The van der Waals surface area contributed by atoms with Gasteiger partial charge < -0.3 is 10.3 Å². The van der Waals surface area contributed by atoms with Crippen LogP contribution in [-0.4, -0.2) is 5.16 Å². The van der Waals surface area contributed by atoms with Gasteiger partial charge in [0.15, 0.2) is 11.6 Å². The lowest BCUT2D eigenvalue weighted by molar-refractivity contribution is 0.436. The molecule has 0 aliphatic rings. The Morgan fingerprint density at radius 1 is 1.14 bits per heavy atom. The fourth-order valence-electron chi connectivity index (χ4n) is 1.07. The quantitative estimate of drug-likeness (QED) is 0.816. The molecule has 0 atom stereocenters. The van der Waals surface area contributed by atoms with Crippen LogP contribution in [0.1, 0.15) is 0 Å². The van der Waals surface area contributed by atoms with Gasteiger partial charge in [0.05, 0.1) is 10.0 Å². The van der Waals surface area contributed by atoms with Gasteiger partial charge in [-0.2, -0.15) is 0 Å². The molecule has 2 rings (SSSR count). The normalized spacial score (nSPS) is 10.4. The fourth-order valence-corrected chi connectivity index (χ4v) is 1.37. The van der Waals surface area contributed by atoms with Crippen LogP contribution in [0.15, 0.2) is 28.8 Å². The molecular formula is C9H6Cl2N2O. The first-order chi connectivity index (χ1) is 6.66. The van der Waals surface area contributed by atoms with E-state index >= 15 is 0 Å². The highest BCUT2D eigenvalue weighted by Gasteiger charge is 2.06. The van der Waals surface area contributed by atoms with Gasteiger partial charge in [-0.1, -0.05) is 28.4 Å². The minimum absolute atomic E-state index is 0.339. The summed E-state index contributed by atoms with van der Waals surface area (Å²) in [5.41, 5.74) is 6.21. The molecule has 3 nitrogen and oxygen atoms in total. The van der Waals surface area contributed by atoms with Crippen molar-refractivity contribution in [2.75, 3.05) is 5.73 Å². The van der Waals surface area contributed by atoms with Crippen LogP contribution < -0.4 is 5.73 Å². The number of hydrogen-bond donors (Lipinski definition) is 1. The molecule has 2 N–H and O–H groups in total. The van der Waals surface area contributed by atoms with Crippen LogP contribution in [-0.2, 0) is 0 Å². The highest BCUT2D eigenvalue weighted by Crippen LogP contribution is 2.28. The Morgan fingerprint density at radius 2 is 1.93 bits per heavy atom. The maximum Gasteiger partial charge on any atom is 0.169 e. The summed E-state index contributed by atoms with van der Waals surface area (Å²) in [4.78, 5) is 0. The smallest absolute Gasteiger partial charge is 0.169 e. The fraction of sp³-hybridized carbons (Fsp3) is 0. The molecule has 1 aromatic heterocycles. The summed E-state index contributed by atoms with van der Waals surface area (Å²) in [7, 11) is 0. The van der Waals surface area contributed by atoms with Crippen molar-refractivity contribution in [1.82, 2.24) is 5.16 Å². The molecule has 5 heteroatoms. The highest BCUT2D eigenvalue weighted by molar-refractivity contribution is 6.42. The minimum Gasteiger partial charge on any atom is -0.381 e. The first kappa shape index (κ1) is 9.37. The van der Waals surface area contributed by atoms with Gasteiger partial charge in [-0.15, -0.1) is 0 Å². The highest BCUT2D eigenvalue weighted by atomic mass is 35.5. The second-order valence-corrected chi connectivity index (χ2v) is 3.56. The monoisotopic (exact) mass is 228 g/mol. The molecule has 0 saturated heterocycles. The lowest BCUT2D eigenvalue weighted by atomic mass is 10.2. The third-order valence-corrected chi connectivity index (χ3v) is 2.47. The molecule has 2 aromatic rings. The summed E-state index contributed by atoms with van der Waals surface area (Å²) in [5.74, 6) is 0.909. The average molecular weight is 229 g/mol. The van der Waals surface area contributed by atoms with Crippen molar-refractivity contribution in [3.05, 3.63) is 34.3 Å². The number of anilines is 1. The predicted molar refractivity (Wildman–Crippen MR) is 56.4 cm³/mol. The predicted octanol–water partition coefficient (Wildman–Crippen LogP) is 3.23. The van der Waals surface area contributed by atoms with Crippen LogP contribution in [0.25, 0.3) is 11.3 Å². The zero-order valence-electron chi connectivity index (χ0n) is 7.00. The Bertz CT molecular complexity index is 468. The molecule has 0 radical (unpaired) electrons. The van der Waals surface area contributed by atoms with E-state index in [1.807, 2.05) is 0 Å². The number of benzene rings is 1. The molecule has 0 aliphatic heterocycles. The molecule has 0 saturated carbocycles. The van der Waals surface area contributed by atoms with Crippen molar-refractivity contribution >= 4 is 29.0 Å². The lowest BCUT2D eigenvalue weighted by Gasteiger charge is -1.97. The molecule has 14 heavy (non-hydrogen) atoms. The minimum atomic E-state index is 0.339. The topological polar surface area (TPSA) is 52.0 Å². The Kier molecular flexibility index (Phi) is 2.35. The van der Waals surface area contributed by atoms with Gasteiger partial charge in [-0.3, -0.25) is 0 Å². The molecule has 0 spiro atoms. The number of rotatable bonds is 1. The summed E-state index contributed by atoms with van der Waals surface area (Å²) in [6.07, 6.45) is 0. The summed E-state index contributed by atoms with van der Waals surface area (Å²) >= 11 is 11.6. The molecule has 1 aromatic carbocycles. The summed E-state index contributed by atoms with van der Waals surface area (Å²) in [6.45, 7) is 0. The third kappa shape index (κ3) is 1.69. The number of halogens is 2. The molecule has 0 amide bonds. The van der Waals surface area contributed by atoms with Crippen molar-refractivity contribution in [3.63, 3.8) is 0 Å². The van der Waals surface area contributed by atoms with Gasteiger partial charge in [-0.05, 0) is 18.2 Å². The number of aromatic nitrogens is 1. The van der Waals surface area contributed by atoms with Gasteiger partial charge >= 0.3 is 0 Å². The maximum atomic E-state index is 5.85. The van der Waals surface area contributed by atoms with Crippen LogP contribution in [0.2, 0.25) is 10.0 Å². The Balaban J connectivity index is 2.47. The number of hydrogen-bond acceptors (Lipinski definition) is 3. The molecule has 72 valence electrons.